The van der Waals surface area contributed by atoms with Gasteiger partial charge in [0.2, 0.25) is 0 Å². The maximum absolute atomic E-state index is 8.80. The second-order valence-electron chi connectivity index (χ2n) is 3.48. The van der Waals surface area contributed by atoms with Crippen LogP contribution in [0.1, 0.15) is 13.8 Å². The number of hydrogen-bond donors (Lipinski definition) is 2. The topological polar surface area (TPSA) is 55.5 Å². The summed E-state index contributed by atoms with van der Waals surface area (Å²) >= 11 is 1.44. The van der Waals surface area contributed by atoms with E-state index in [9.17, 15) is 0 Å². The summed E-state index contributed by atoms with van der Waals surface area (Å²) in [5, 5.41) is 8.54. The van der Waals surface area contributed by atoms with Crippen LogP contribution >= 0.6 is 11.8 Å². The lowest BCUT2D eigenvalue weighted by atomic mass is 10.3. The third-order valence-corrected chi connectivity index (χ3v) is 2.66. The van der Waals surface area contributed by atoms with E-state index in [0.29, 0.717) is 0 Å². The minimum atomic E-state index is -0.262. The van der Waals surface area contributed by atoms with Crippen LogP contribution in [0.25, 0.3) is 0 Å². The molecule has 3 N–H and O–H groups in total. The van der Waals surface area contributed by atoms with E-state index >= 15 is 0 Å². The largest absolute Gasteiger partial charge is 0.491 e. The van der Waals surface area contributed by atoms with Gasteiger partial charge in [-0.3, -0.25) is 0 Å². The molecule has 15 heavy (non-hydrogen) atoms. The minimum Gasteiger partial charge on any atom is -0.491 e. The Balaban J connectivity index is 2.56. The lowest BCUT2D eigenvalue weighted by Crippen LogP contribution is -2.19. The van der Waals surface area contributed by atoms with Crippen LogP contribution in [0.5, 0.6) is 5.75 Å². The molecule has 0 aliphatic carbocycles. The van der Waals surface area contributed by atoms with E-state index in [4.69, 9.17) is 15.6 Å². The Morgan fingerprint density at radius 3 is 2.40 bits per heavy atom. The fourth-order valence-corrected chi connectivity index (χ4v) is 1.80. The number of nitrogens with two attached hydrogens (primary N) is 1. The zero-order chi connectivity index (χ0) is 11.3. The van der Waals surface area contributed by atoms with E-state index in [1.807, 2.05) is 38.1 Å². The molecule has 0 saturated carbocycles. The van der Waals surface area contributed by atoms with Gasteiger partial charge in [0.25, 0.3) is 0 Å². The Morgan fingerprint density at radius 2 is 1.93 bits per heavy atom. The lowest BCUT2D eigenvalue weighted by Gasteiger charge is -2.11. The molecule has 0 heterocycles. The molecule has 1 atom stereocenters. The predicted molar refractivity (Wildman–Crippen MR) is 63.1 cm³/mol. The summed E-state index contributed by atoms with van der Waals surface area (Å²) in [6, 6.07) is 7.70. The molecule has 3 nitrogen and oxygen atoms in total. The summed E-state index contributed by atoms with van der Waals surface area (Å²) in [6.45, 7) is 3.96. The van der Waals surface area contributed by atoms with Crippen molar-refractivity contribution in [1.29, 1.82) is 0 Å². The molecule has 0 amide bonds. The molecule has 0 aromatic heterocycles. The third-order valence-electron chi connectivity index (χ3n) is 1.66. The highest BCUT2D eigenvalue weighted by atomic mass is 32.2. The van der Waals surface area contributed by atoms with Crippen LogP contribution in [-0.4, -0.2) is 23.2 Å². The first kappa shape index (κ1) is 12.4. The zero-order valence-electron chi connectivity index (χ0n) is 9.01. The third kappa shape index (κ3) is 4.55. The van der Waals surface area contributed by atoms with Gasteiger partial charge >= 0.3 is 0 Å². The molecule has 1 rings (SSSR count). The van der Waals surface area contributed by atoms with Crippen LogP contribution in [0, 0.1) is 0 Å². The van der Waals surface area contributed by atoms with E-state index in [1.54, 1.807) is 0 Å². The van der Waals surface area contributed by atoms with Crippen molar-refractivity contribution in [3.05, 3.63) is 24.3 Å². The van der Waals surface area contributed by atoms with Crippen molar-refractivity contribution in [2.45, 2.75) is 30.2 Å². The summed E-state index contributed by atoms with van der Waals surface area (Å²) in [5.41, 5.74) is 5.61. The van der Waals surface area contributed by atoms with Crippen molar-refractivity contribution in [2.24, 2.45) is 5.73 Å². The minimum absolute atomic E-state index is 0.0189. The number of thioether (sulfide) groups is 1. The Morgan fingerprint density at radius 1 is 1.33 bits per heavy atom. The summed E-state index contributed by atoms with van der Waals surface area (Å²) in [7, 11) is 0. The molecule has 84 valence electrons. The first-order chi connectivity index (χ1) is 7.11. The van der Waals surface area contributed by atoms with Gasteiger partial charge in [-0.15, -0.1) is 11.8 Å². The van der Waals surface area contributed by atoms with Gasteiger partial charge in [0.05, 0.1) is 18.1 Å². The Labute approximate surface area is 94.6 Å². The van der Waals surface area contributed by atoms with Crippen LogP contribution in [0.4, 0.5) is 0 Å². The SMILES string of the molecule is CC(C)Oc1ccc(SC(N)CO)cc1. The normalized spacial score (nSPS) is 12.9. The van der Waals surface area contributed by atoms with Gasteiger partial charge < -0.3 is 15.6 Å². The van der Waals surface area contributed by atoms with Crippen molar-refractivity contribution in [3.8, 4) is 5.75 Å². The number of aliphatic hydroxyl groups is 1. The van der Waals surface area contributed by atoms with E-state index in [1.165, 1.54) is 11.8 Å². The van der Waals surface area contributed by atoms with Crippen molar-refractivity contribution in [2.75, 3.05) is 6.61 Å². The molecule has 4 heteroatoms. The summed E-state index contributed by atoms with van der Waals surface area (Å²) in [4.78, 5) is 1.03. The van der Waals surface area contributed by atoms with Crippen LogP contribution < -0.4 is 10.5 Å². The average molecular weight is 227 g/mol. The van der Waals surface area contributed by atoms with Crippen molar-refractivity contribution < 1.29 is 9.84 Å². The predicted octanol–water partition coefficient (Wildman–Crippen LogP) is 1.84. The highest BCUT2D eigenvalue weighted by molar-refractivity contribution is 7.99. The standard InChI is InChI=1S/C11H17NO2S/c1-8(2)14-9-3-5-10(6-4-9)15-11(12)7-13/h3-6,8,11,13H,7,12H2,1-2H3. The second-order valence-corrected chi connectivity index (χ2v) is 4.79. The van der Waals surface area contributed by atoms with Crippen molar-refractivity contribution in [1.82, 2.24) is 0 Å². The van der Waals surface area contributed by atoms with Crippen LogP contribution in [0.2, 0.25) is 0 Å². The van der Waals surface area contributed by atoms with Crippen LogP contribution in [0.3, 0.4) is 0 Å². The number of rotatable bonds is 5. The van der Waals surface area contributed by atoms with Crippen LogP contribution in [0.15, 0.2) is 29.2 Å². The maximum atomic E-state index is 8.80. The van der Waals surface area contributed by atoms with Crippen molar-refractivity contribution >= 4 is 11.8 Å². The Hall–Kier alpha value is -0.710. The van der Waals surface area contributed by atoms with Gasteiger partial charge in [0, 0.05) is 4.90 Å². The van der Waals surface area contributed by atoms with Gasteiger partial charge in [0.15, 0.2) is 0 Å². The fourth-order valence-electron chi connectivity index (χ4n) is 1.08. The molecule has 0 radical (unpaired) electrons. The summed E-state index contributed by atoms with van der Waals surface area (Å²) in [6.07, 6.45) is 0.184. The van der Waals surface area contributed by atoms with E-state index < -0.39 is 0 Å². The van der Waals surface area contributed by atoms with Crippen LogP contribution in [-0.2, 0) is 0 Å². The first-order valence-electron chi connectivity index (χ1n) is 4.91. The first-order valence-corrected chi connectivity index (χ1v) is 5.79. The molecule has 0 aliphatic heterocycles. The molecular weight excluding hydrogens is 210 g/mol. The zero-order valence-corrected chi connectivity index (χ0v) is 9.83. The highest BCUT2D eigenvalue weighted by Crippen LogP contribution is 2.23. The van der Waals surface area contributed by atoms with Crippen molar-refractivity contribution in [3.63, 3.8) is 0 Å². The van der Waals surface area contributed by atoms with Gasteiger partial charge in [-0.1, -0.05) is 0 Å². The molecule has 0 bridgehead atoms. The molecule has 1 unspecified atom stereocenters. The van der Waals surface area contributed by atoms with Gasteiger partial charge in [0.1, 0.15) is 5.75 Å². The van der Waals surface area contributed by atoms with E-state index in [-0.39, 0.29) is 18.1 Å². The lowest BCUT2D eigenvalue weighted by molar-refractivity contribution is 0.242. The quantitative estimate of drug-likeness (QED) is 0.595. The number of aliphatic hydroxyl groups excluding tert-OH is 1. The highest BCUT2D eigenvalue weighted by Gasteiger charge is 2.03. The fraction of sp³-hybridized carbons (Fsp3) is 0.455. The van der Waals surface area contributed by atoms with E-state index in [0.717, 1.165) is 10.6 Å². The number of ether oxygens (including phenoxy) is 1. The number of hydrogen-bond acceptors (Lipinski definition) is 4. The molecule has 0 spiro atoms. The summed E-state index contributed by atoms with van der Waals surface area (Å²) in [5.74, 6) is 0.854. The molecule has 0 saturated heterocycles. The average Bonchev–Trinajstić information content (AvgIpc) is 2.20. The molecule has 0 aliphatic rings. The molecule has 0 fully saturated rings. The summed E-state index contributed by atoms with van der Waals surface area (Å²) < 4.78 is 5.51. The molecule has 1 aromatic carbocycles. The van der Waals surface area contributed by atoms with Gasteiger partial charge in [-0.05, 0) is 38.1 Å². The van der Waals surface area contributed by atoms with Gasteiger partial charge in [-0.25, -0.2) is 0 Å². The van der Waals surface area contributed by atoms with E-state index in [2.05, 4.69) is 0 Å². The second kappa shape index (κ2) is 6.00. The molecular formula is C11H17NO2S. The Bertz CT molecular complexity index is 287. The molecule has 1 aromatic rings. The number of benzene rings is 1. The maximum Gasteiger partial charge on any atom is 0.119 e. The van der Waals surface area contributed by atoms with Gasteiger partial charge in [-0.2, -0.15) is 0 Å². The Kier molecular flexibility index (Phi) is 4.94. The smallest absolute Gasteiger partial charge is 0.119 e. The monoisotopic (exact) mass is 227 g/mol.